The Kier molecular flexibility index (Phi) is 6.72. The molecule has 3 aromatic carbocycles. The average molecular weight is 492 g/mol. The summed E-state index contributed by atoms with van der Waals surface area (Å²) in [6.45, 7) is 4.12. The van der Waals surface area contributed by atoms with Crippen LogP contribution in [-0.4, -0.2) is 46.8 Å². The molecule has 0 fully saturated rings. The fourth-order valence-corrected chi connectivity index (χ4v) is 5.44. The summed E-state index contributed by atoms with van der Waals surface area (Å²) in [6.07, 6.45) is 1.42. The van der Waals surface area contributed by atoms with Crippen molar-refractivity contribution in [3.8, 4) is 17.3 Å². The lowest BCUT2D eigenvalue weighted by molar-refractivity contribution is 0.435. The lowest BCUT2D eigenvalue weighted by atomic mass is 10.1. The Bertz CT molecular complexity index is 1590. The number of rotatable bonds is 7. The van der Waals surface area contributed by atoms with Gasteiger partial charge in [0.2, 0.25) is 15.9 Å². The van der Waals surface area contributed by atoms with Crippen LogP contribution in [0.4, 0.5) is 5.69 Å². The van der Waals surface area contributed by atoms with Gasteiger partial charge in [-0.25, -0.2) is 13.0 Å². The molecule has 4 aromatic rings. The summed E-state index contributed by atoms with van der Waals surface area (Å²) in [4.78, 5) is 17.8. The van der Waals surface area contributed by atoms with E-state index in [1.54, 1.807) is 56.3 Å². The number of nitrogens with zero attached hydrogens (tertiary/aromatic N) is 3. The minimum atomic E-state index is -3.77. The monoisotopic (exact) mass is 491 g/mol. The third-order valence-corrected chi connectivity index (χ3v) is 7.74. The Labute approximate surface area is 203 Å². The zero-order valence-corrected chi connectivity index (χ0v) is 20.1. The van der Waals surface area contributed by atoms with E-state index >= 15 is 0 Å². The summed E-state index contributed by atoms with van der Waals surface area (Å²) in [5.41, 5.74) is 0.447. The van der Waals surface area contributed by atoms with Crippen LogP contribution in [-0.2, 0) is 10.0 Å². The first-order valence-corrected chi connectivity index (χ1v) is 12.5. The van der Waals surface area contributed by atoms with E-state index in [0.29, 0.717) is 29.5 Å². The number of fused-ring (bicyclic) bond motifs is 1. The van der Waals surface area contributed by atoms with Crippen LogP contribution in [0.15, 0.2) is 87.5 Å². The van der Waals surface area contributed by atoms with Crippen LogP contribution in [0.5, 0.6) is 11.6 Å². The molecule has 8 nitrogen and oxygen atoms in total. The second kappa shape index (κ2) is 9.73. The van der Waals surface area contributed by atoms with Crippen LogP contribution in [0.2, 0.25) is 0 Å². The largest absolute Gasteiger partial charge is 0.508 e. The Morgan fingerprint density at radius 3 is 2.29 bits per heavy atom. The van der Waals surface area contributed by atoms with Gasteiger partial charge in [-0.2, -0.15) is 4.31 Å². The molecule has 9 heteroatoms. The van der Waals surface area contributed by atoms with E-state index in [9.17, 15) is 23.4 Å². The Morgan fingerprint density at radius 2 is 1.60 bits per heavy atom. The quantitative estimate of drug-likeness (QED) is 0.377. The van der Waals surface area contributed by atoms with Gasteiger partial charge in [0, 0.05) is 36.1 Å². The highest BCUT2D eigenvalue weighted by Crippen LogP contribution is 2.28. The molecule has 4 rings (SSSR count). The molecule has 0 aliphatic heterocycles. The number of sulfonamides is 1. The molecule has 0 saturated carbocycles. The molecule has 180 valence electrons. The van der Waals surface area contributed by atoms with Gasteiger partial charge in [-0.3, -0.25) is 9.79 Å². The average Bonchev–Trinajstić information content (AvgIpc) is 2.85. The fraction of sp³-hybridized carbons (Fsp3) is 0.154. The Hall–Kier alpha value is -3.95. The first-order valence-electron chi connectivity index (χ1n) is 11.1. The van der Waals surface area contributed by atoms with Crippen LogP contribution < -0.4 is 5.56 Å². The number of phenolic OH excluding ortho intramolecular Hbond substituents is 1. The molecule has 0 amide bonds. The molecule has 1 aromatic heterocycles. The van der Waals surface area contributed by atoms with Crippen molar-refractivity contribution in [2.75, 3.05) is 13.1 Å². The maximum absolute atomic E-state index is 13.4. The van der Waals surface area contributed by atoms with Crippen LogP contribution in [0, 0.1) is 0 Å². The zero-order valence-electron chi connectivity index (χ0n) is 19.3. The molecule has 0 aliphatic rings. The summed E-state index contributed by atoms with van der Waals surface area (Å²) >= 11 is 0. The normalized spacial score (nSPS) is 12.1. The van der Waals surface area contributed by atoms with E-state index in [2.05, 4.69) is 4.99 Å². The molecule has 0 spiro atoms. The van der Waals surface area contributed by atoms with E-state index in [1.807, 2.05) is 0 Å². The van der Waals surface area contributed by atoms with Crippen molar-refractivity contribution >= 4 is 32.7 Å². The third kappa shape index (κ3) is 4.55. The molecule has 0 radical (unpaired) electrons. The van der Waals surface area contributed by atoms with Crippen molar-refractivity contribution in [2.45, 2.75) is 18.7 Å². The van der Waals surface area contributed by atoms with Gasteiger partial charge in [-0.05, 0) is 36.4 Å². The summed E-state index contributed by atoms with van der Waals surface area (Å²) in [5.74, 6) is -0.333. The van der Waals surface area contributed by atoms with Crippen molar-refractivity contribution in [3.05, 3.63) is 88.7 Å². The van der Waals surface area contributed by atoms with Crippen molar-refractivity contribution in [1.29, 1.82) is 0 Å². The second-order valence-corrected chi connectivity index (χ2v) is 9.73. The Morgan fingerprint density at radius 1 is 0.914 bits per heavy atom. The van der Waals surface area contributed by atoms with E-state index in [1.165, 1.54) is 40.9 Å². The maximum atomic E-state index is 13.4. The van der Waals surface area contributed by atoms with Gasteiger partial charge in [0.25, 0.3) is 5.56 Å². The standard InChI is InChI=1S/C26H25N3O5S/c1-3-28(4-2)35(33,34)21-12-8-10-19(16-21)29-25(31)23-14-6-5-13-22(23)24(26(29)32)17-27-18-9-7-11-20(30)15-18/h5-17,30,32H,3-4H2,1-2H3. The van der Waals surface area contributed by atoms with Crippen molar-refractivity contribution in [3.63, 3.8) is 0 Å². The van der Waals surface area contributed by atoms with E-state index in [4.69, 9.17) is 0 Å². The molecule has 0 saturated heterocycles. The topological polar surface area (TPSA) is 112 Å². The van der Waals surface area contributed by atoms with Crippen LogP contribution in [0.25, 0.3) is 16.5 Å². The third-order valence-electron chi connectivity index (χ3n) is 5.69. The highest BCUT2D eigenvalue weighted by atomic mass is 32.2. The summed E-state index contributed by atoms with van der Waals surface area (Å²) in [7, 11) is -3.77. The van der Waals surface area contributed by atoms with Gasteiger partial charge in [0.15, 0.2) is 0 Å². The summed E-state index contributed by atoms with van der Waals surface area (Å²) < 4.78 is 28.5. The fourth-order valence-electron chi connectivity index (χ4n) is 3.94. The lowest BCUT2D eigenvalue weighted by Gasteiger charge is -2.19. The molecule has 0 unspecified atom stereocenters. The van der Waals surface area contributed by atoms with E-state index in [-0.39, 0.29) is 27.8 Å². The number of hydrogen-bond donors (Lipinski definition) is 2. The number of aromatic hydroxyl groups is 2. The summed E-state index contributed by atoms with van der Waals surface area (Å²) in [6, 6.07) is 19.0. The first kappa shape index (κ1) is 24.2. The van der Waals surface area contributed by atoms with Crippen molar-refractivity contribution in [2.24, 2.45) is 4.99 Å². The highest BCUT2D eigenvalue weighted by molar-refractivity contribution is 7.89. The molecular formula is C26H25N3O5S. The van der Waals surface area contributed by atoms with E-state index in [0.717, 1.165) is 4.57 Å². The molecular weight excluding hydrogens is 466 g/mol. The maximum Gasteiger partial charge on any atom is 0.265 e. The van der Waals surface area contributed by atoms with Crippen LogP contribution in [0.3, 0.4) is 0 Å². The SMILES string of the molecule is CCN(CC)S(=O)(=O)c1cccc(-n2c(O)c(C=Nc3cccc(O)c3)c3ccccc3c2=O)c1. The van der Waals surface area contributed by atoms with Gasteiger partial charge < -0.3 is 10.2 Å². The van der Waals surface area contributed by atoms with Crippen molar-refractivity contribution < 1.29 is 18.6 Å². The van der Waals surface area contributed by atoms with E-state index < -0.39 is 15.6 Å². The predicted octanol–water partition coefficient (Wildman–Crippen LogP) is 4.18. The number of phenols is 1. The zero-order chi connectivity index (χ0) is 25.2. The predicted molar refractivity (Wildman–Crippen MR) is 137 cm³/mol. The Balaban J connectivity index is 1.94. The number of aromatic nitrogens is 1. The van der Waals surface area contributed by atoms with Gasteiger partial charge in [-0.15, -0.1) is 0 Å². The molecule has 0 bridgehead atoms. The molecule has 2 N–H and O–H groups in total. The van der Waals surface area contributed by atoms with Gasteiger partial charge in [-0.1, -0.05) is 44.2 Å². The number of pyridine rings is 1. The molecule has 35 heavy (non-hydrogen) atoms. The van der Waals surface area contributed by atoms with Gasteiger partial charge in [0.05, 0.1) is 21.8 Å². The minimum Gasteiger partial charge on any atom is -0.508 e. The number of benzene rings is 3. The second-order valence-electron chi connectivity index (χ2n) is 7.79. The summed E-state index contributed by atoms with van der Waals surface area (Å²) in [5, 5.41) is 21.7. The van der Waals surface area contributed by atoms with Crippen LogP contribution in [0.1, 0.15) is 19.4 Å². The van der Waals surface area contributed by atoms with Gasteiger partial charge in [0.1, 0.15) is 5.75 Å². The van der Waals surface area contributed by atoms with Crippen LogP contribution >= 0.6 is 0 Å². The molecule has 0 atom stereocenters. The lowest BCUT2D eigenvalue weighted by Crippen LogP contribution is -2.30. The van der Waals surface area contributed by atoms with Crippen molar-refractivity contribution in [1.82, 2.24) is 8.87 Å². The molecule has 1 heterocycles. The van der Waals surface area contributed by atoms with Gasteiger partial charge >= 0.3 is 0 Å². The smallest absolute Gasteiger partial charge is 0.265 e. The first-order chi connectivity index (χ1) is 16.8. The highest BCUT2D eigenvalue weighted by Gasteiger charge is 2.23. The molecule has 0 aliphatic carbocycles. The number of hydrogen-bond acceptors (Lipinski definition) is 6. The minimum absolute atomic E-state index is 0.0214. The number of aliphatic imine (C=N–C) groups is 1.